The first kappa shape index (κ1) is 26.0. The van der Waals surface area contributed by atoms with Crippen LogP contribution in [0.1, 0.15) is 43.6 Å². The van der Waals surface area contributed by atoms with E-state index in [0.29, 0.717) is 0 Å². The molecule has 0 aliphatic rings. The number of thiophene rings is 1. The molecule has 2 aromatic heterocycles. The van der Waals surface area contributed by atoms with Crippen molar-refractivity contribution in [3.8, 4) is 5.75 Å². The van der Waals surface area contributed by atoms with E-state index in [9.17, 15) is 9.59 Å². The summed E-state index contributed by atoms with van der Waals surface area (Å²) in [5, 5.41) is 3.19. The number of fused-ring (bicyclic) bond motifs is 1. The summed E-state index contributed by atoms with van der Waals surface area (Å²) in [7, 11) is 2.27. The van der Waals surface area contributed by atoms with Gasteiger partial charge in [-0.05, 0) is 46.7 Å². The summed E-state index contributed by atoms with van der Waals surface area (Å²) in [4.78, 5) is 26.2. The molecule has 3 aromatic rings. The Morgan fingerprint density at radius 3 is 2.21 bits per heavy atom. The first-order valence-corrected chi connectivity index (χ1v) is 15.2. The van der Waals surface area contributed by atoms with E-state index in [-0.39, 0.29) is 17.4 Å². The van der Waals surface area contributed by atoms with Crippen molar-refractivity contribution in [2.75, 3.05) is 21.3 Å². The molecule has 6 nitrogen and oxygen atoms in total. The lowest BCUT2D eigenvalue weighted by Gasteiger charge is -2.38. The summed E-state index contributed by atoms with van der Waals surface area (Å²) in [6.07, 6.45) is 2.49. The predicted molar refractivity (Wildman–Crippen MR) is 139 cm³/mol. The van der Waals surface area contributed by atoms with Gasteiger partial charge in [0.2, 0.25) is 0 Å². The fraction of sp³-hybridized carbons (Fsp3) is 0.462. The number of esters is 2. The molecule has 34 heavy (non-hydrogen) atoms. The van der Waals surface area contributed by atoms with Crippen molar-refractivity contribution < 1.29 is 23.8 Å². The van der Waals surface area contributed by atoms with E-state index in [2.05, 4.69) is 62.5 Å². The third kappa shape index (κ3) is 4.79. The Kier molecular flexibility index (Phi) is 7.62. The smallest absolute Gasteiger partial charge is 0.320 e. The van der Waals surface area contributed by atoms with Crippen molar-refractivity contribution in [2.45, 2.75) is 51.2 Å². The van der Waals surface area contributed by atoms with Gasteiger partial charge in [-0.25, -0.2) is 0 Å². The molecule has 0 aliphatic carbocycles. The van der Waals surface area contributed by atoms with Crippen LogP contribution >= 0.6 is 11.3 Å². The van der Waals surface area contributed by atoms with Gasteiger partial charge in [-0.3, -0.25) is 9.59 Å². The molecule has 0 unspecified atom stereocenters. The monoisotopic (exact) mass is 501 g/mol. The molecule has 1 atom stereocenters. The van der Waals surface area contributed by atoms with E-state index in [1.807, 2.05) is 17.5 Å². The zero-order chi connectivity index (χ0) is 25.3. The topological polar surface area (TPSA) is 66.8 Å². The normalized spacial score (nSPS) is 13.2. The third-order valence-electron chi connectivity index (χ3n) is 7.18. The van der Waals surface area contributed by atoms with Gasteiger partial charge >= 0.3 is 11.9 Å². The number of nitrogens with zero attached hydrogens (tertiary/aromatic N) is 1. The second kappa shape index (κ2) is 9.96. The van der Waals surface area contributed by atoms with Gasteiger partial charge in [0, 0.05) is 27.9 Å². The van der Waals surface area contributed by atoms with Crippen molar-refractivity contribution in [1.29, 1.82) is 0 Å². The zero-order valence-corrected chi connectivity index (χ0v) is 23.1. The highest BCUT2D eigenvalue weighted by molar-refractivity contribution is 7.10. The van der Waals surface area contributed by atoms with Crippen LogP contribution in [0.3, 0.4) is 0 Å². The predicted octanol–water partition coefficient (Wildman–Crippen LogP) is 6.05. The number of ether oxygens (including phenoxy) is 3. The molecule has 2 heterocycles. The second-order valence-corrected chi connectivity index (χ2v) is 16.1. The van der Waals surface area contributed by atoms with Crippen molar-refractivity contribution >= 4 is 42.4 Å². The molecule has 0 amide bonds. The van der Waals surface area contributed by atoms with Gasteiger partial charge in [0.05, 0.1) is 21.3 Å². The first-order valence-electron chi connectivity index (χ1n) is 11.3. The maximum atomic E-state index is 12.6. The summed E-state index contributed by atoms with van der Waals surface area (Å²) in [6, 6.07) is 10.2. The van der Waals surface area contributed by atoms with Crippen LogP contribution in [0, 0.1) is 5.92 Å². The minimum atomic E-state index is -1.98. The average Bonchev–Trinajstić information content (AvgIpc) is 3.46. The number of rotatable bonds is 8. The minimum absolute atomic E-state index is 0.106. The quantitative estimate of drug-likeness (QED) is 0.214. The van der Waals surface area contributed by atoms with Crippen LogP contribution in [0.15, 0.2) is 41.9 Å². The summed E-state index contributed by atoms with van der Waals surface area (Å²) in [6.45, 7) is 11.6. The zero-order valence-electron chi connectivity index (χ0n) is 21.3. The highest BCUT2D eigenvalue weighted by Gasteiger charge is 2.40. The highest BCUT2D eigenvalue weighted by atomic mass is 32.1. The maximum Gasteiger partial charge on any atom is 0.320 e. The van der Waals surface area contributed by atoms with Gasteiger partial charge in [-0.1, -0.05) is 39.9 Å². The fourth-order valence-electron chi connectivity index (χ4n) is 4.16. The lowest BCUT2D eigenvalue weighted by molar-refractivity contribution is -0.159. The molecule has 0 fully saturated rings. The number of hydrogen-bond acceptors (Lipinski definition) is 6. The van der Waals surface area contributed by atoms with Crippen LogP contribution in [0.25, 0.3) is 10.9 Å². The molecule has 3 rings (SSSR count). The summed E-state index contributed by atoms with van der Waals surface area (Å²) in [5.74, 6) is -1.61. The Balaban J connectivity index is 2.28. The molecule has 0 bridgehead atoms. The Hall–Kier alpha value is -2.58. The number of methoxy groups -OCH3 is 3. The lowest BCUT2D eigenvalue weighted by Crippen LogP contribution is -2.44. The Labute approximate surface area is 206 Å². The van der Waals surface area contributed by atoms with E-state index in [1.165, 1.54) is 14.2 Å². The summed E-state index contributed by atoms with van der Waals surface area (Å²) < 4.78 is 17.9. The van der Waals surface area contributed by atoms with Crippen molar-refractivity contribution in [3.63, 3.8) is 0 Å². The molecular weight excluding hydrogens is 466 g/mol. The Morgan fingerprint density at radius 2 is 1.71 bits per heavy atom. The largest absolute Gasteiger partial charge is 0.497 e. The van der Waals surface area contributed by atoms with Crippen LogP contribution in [-0.2, 0) is 19.1 Å². The molecular formula is C26H35NO5SSi. The van der Waals surface area contributed by atoms with Crippen molar-refractivity contribution in [1.82, 2.24) is 4.23 Å². The van der Waals surface area contributed by atoms with E-state index >= 15 is 0 Å². The molecule has 0 saturated heterocycles. The molecule has 184 valence electrons. The van der Waals surface area contributed by atoms with Crippen molar-refractivity contribution in [3.05, 3.63) is 52.3 Å². The van der Waals surface area contributed by atoms with E-state index in [1.54, 1.807) is 18.4 Å². The molecule has 8 heteroatoms. The van der Waals surface area contributed by atoms with E-state index in [0.717, 1.165) is 27.1 Å². The summed E-state index contributed by atoms with van der Waals surface area (Å²) >= 11 is 1.61. The van der Waals surface area contributed by atoms with Gasteiger partial charge in [-0.2, -0.15) is 0 Å². The molecule has 0 spiro atoms. The van der Waals surface area contributed by atoms with Gasteiger partial charge < -0.3 is 18.4 Å². The average molecular weight is 502 g/mol. The van der Waals surface area contributed by atoms with Crippen LogP contribution in [-0.4, -0.2) is 45.7 Å². The Morgan fingerprint density at radius 1 is 1.06 bits per heavy atom. The minimum Gasteiger partial charge on any atom is -0.497 e. The van der Waals surface area contributed by atoms with Crippen LogP contribution < -0.4 is 4.74 Å². The summed E-state index contributed by atoms with van der Waals surface area (Å²) in [5.41, 5.74) is 2.20. The van der Waals surface area contributed by atoms with E-state index < -0.39 is 26.1 Å². The highest BCUT2D eigenvalue weighted by Crippen LogP contribution is 2.44. The lowest BCUT2D eigenvalue weighted by atomic mass is 9.87. The third-order valence-corrected chi connectivity index (χ3v) is 13.4. The standard InChI is InChI=1S/C26H35NO5SSi/c1-26(2,3)34(7,8)27-16-21(18-14-17(30-4)11-12-22(18)27)19(23-10-9-13-33-23)15-20(24(28)31-5)25(29)32-6/h9-14,16,19-20H,15H2,1-8H3/t19-/m0/s1. The molecule has 0 N–H and O–H groups in total. The molecule has 0 aliphatic heterocycles. The molecule has 0 saturated carbocycles. The number of aromatic nitrogens is 1. The van der Waals surface area contributed by atoms with Gasteiger partial charge in [0.1, 0.15) is 5.75 Å². The second-order valence-electron chi connectivity index (χ2n) is 10.0. The molecule has 1 aromatic carbocycles. The van der Waals surface area contributed by atoms with Crippen LogP contribution in [0.4, 0.5) is 0 Å². The maximum absolute atomic E-state index is 12.6. The number of hydrogen-bond donors (Lipinski definition) is 0. The first-order chi connectivity index (χ1) is 16.0. The van der Waals surface area contributed by atoms with E-state index in [4.69, 9.17) is 14.2 Å². The number of carbonyl (C=O) groups is 2. The van der Waals surface area contributed by atoms with Crippen LogP contribution in [0.5, 0.6) is 5.75 Å². The fourth-order valence-corrected chi connectivity index (χ4v) is 7.00. The number of carbonyl (C=O) groups excluding carboxylic acids is 2. The van der Waals surface area contributed by atoms with Gasteiger partial charge in [-0.15, -0.1) is 11.3 Å². The number of benzene rings is 1. The van der Waals surface area contributed by atoms with Gasteiger partial charge in [0.25, 0.3) is 0 Å². The molecule has 0 radical (unpaired) electrons. The Bertz CT molecular complexity index is 1140. The van der Waals surface area contributed by atoms with Crippen molar-refractivity contribution in [2.24, 2.45) is 5.92 Å². The van der Waals surface area contributed by atoms with Crippen LogP contribution in [0.2, 0.25) is 18.1 Å². The van der Waals surface area contributed by atoms with Gasteiger partial charge in [0.15, 0.2) is 14.2 Å². The SMILES string of the molecule is COC(=O)C(C[C@H](c1cccs1)c1cn([Si](C)(C)C(C)(C)C)c2ccc(OC)cc12)C(=O)OC.